The van der Waals surface area contributed by atoms with Gasteiger partial charge in [0.25, 0.3) is 0 Å². The molecule has 152 valence electrons. The number of carbonyl (C=O) groups is 1. The topological polar surface area (TPSA) is 44.6 Å². The summed E-state index contributed by atoms with van der Waals surface area (Å²) in [6.45, 7) is 11.5. The van der Waals surface area contributed by atoms with Gasteiger partial charge in [-0.25, -0.2) is 4.68 Å². The number of anilines is 1. The van der Waals surface area contributed by atoms with Gasteiger partial charge in [0.15, 0.2) is 0 Å². The van der Waals surface area contributed by atoms with Crippen LogP contribution in [0.15, 0.2) is 30.3 Å². The molecule has 1 amide bonds. The van der Waals surface area contributed by atoms with Gasteiger partial charge in [0.05, 0.1) is 17.9 Å². The van der Waals surface area contributed by atoms with Crippen LogP contribution in [0, 0.1) is 6.92 Å². The predicted octanol–water partition coefficient (Wildman–Crippen LogP) is 3.08. The molecule has 0 unspecified atom stereocenters. The standard InChI is InChI=1S/C22H33N5O/c1-5-12-26(21(28)6-2)17-20-18(3)23-27(19-10-8-7-9-11-19)22(20)25-15-13-24(4)14-16-25/h7-11H,5-6,12-17H2,1-4H3. The first kappa shape index (κ1) is 20.4. The van der Waals surface area contributed by atoms with Crippen molar-refractivity contribution in [3.63, 3.8) is 0 Å². The summed E-state index contributed by atoms with van der Waals surface area (Å²) in [7, 11) is 2.17. The summed E-state index contributed by atoms with van der Waals surface area (Å²) in [6, 6.07) is 10.3. The van der Waals surface area contributed by atoms with E-state index in [0.717, 1.165) is 56.3 Å². The Hall–Kier alpha value is -2.34. The van der Waals surface area contributed by atoms with Crippen LogP contribution in [-0.2, 0) is 11.3 Å². The number of amides is 1. The fraction of sp³-hybridized carbons (Fsp3) is 0.545. The van der Waals surface area contributed by atoms with Crippen LogP contribution in [0.5, 0.6) is 0 Å². The Morgan fingerprint density at radius 2 is 1.79 bits per heavy atom. The molecule has 0 aliphatic carbocycles. The number of hydrogen-bond donors (Lipinski definition) is 0. The Bertz CT molecular complexity index is 778. The number of rotatable bonds is 7. The number of piperazine rings is 1. The Labute approximate surface area is 168 Å². The Balaban J connectivity index is 2.03. The van der Waals surface area contributed by atoms with E-state index in [2.05, 4.69) is 47.5 Å². The minimum Gasteiger partial charge on any atom is -0.354 e. The minimum absolute atomic E-state index is 0.207. The van der Waals surface area contributed by atoms with Gasteiger partial charge < -0.3 is 14.7 Å². The van der Waals surface area contributed by atoms with Gasteiger partial charge in [0.1, 0.15) is 5.82 Å². The number of aryl methyl sites for hydroxylation is 1. The third-order valence-electron chi connectivity index (χ3n) is 5.46. The predicted molar refractivity (Wildman–Crippen MR) is 114 cm³/mol. The first-order chi connectivity index (χ1) is 13.5. The number of hydrogen-bond acceptors (Lipinski definition) is 4. The van der Waals surface area contributed by atoms with Gasteiger partial charge >= 0.3 is 0 Å². The van der Waals surface area contributed by atoms with E-state index in [4.69, 9.17) is 5.10 Å². The molecule has 0 atom stereocenters. The molecule has 0 N–H and O–H groups in total. The van der Waals surface area contributed by atoms with E-state index in [0.29, 0.717) is 13.0 Å². The monoisotopic (exact) mass is 383 g/mol. The Kier molecular flexibility index (Phi) is 6.73. The summed E-state index contributed by atoms with van der Waals surface area (Å²) < 4.78 is 2.07. The van der Waals surface area contributed by atoms with Crippen molar-refractivity contribution in [2.75, 3.05) is 44.7 Å². The van der Waals surface area contributed by atoms with E-state index in [9.17, 15) is 4.79 Å². The van der Waals surface area contributed by atoms with Crippen LogP contribution < -0.4 is 4.90 Å². The molecule has 0 saturated carbocycles. The lowest BCUT2D eigenvalue weighted by molar-refractivity contribution is -0.131. The summed E-state index contributed by atoms with van der Waals surface area (Å²) in [5.74, 6) is 1.35. The largest absolute Gasteiger partial charge is 0.354 e. The molecule has 1 aromatic heterocycles. The minimum atomic E-state index is 0.207. The molecular weight excluding hydrogens is 350 g/mol. The highest BCUT2D eigenvalue weighted by Crippen LogP contribution is 2.29. The van der Waals surface area contributed by atoms with Gasteiger partial charge in [-0.3, -0.25) is 4.79 Å². The highest BCUT2D eigenvalue weighted by Gasteiger charge is 2.26. The lowest BCUT2D eigenvalue weighted by atomic mass is 10.1. The molecule has 0 bridgehead atoms. The van der Waals surface area contributed by atoms with Crippen molar-refractivity contribution < 1.29 is 4.79 Å². The summed E-state index contributed by atoms with van der Waals surface area (Å²) in [6.07, 6.45) is 1.50. The van der Waals surface area contributed by atoms with Crippen molar-refractivity contribution in [2.24, 2.45) is 0 Å². The molecule has 0 radical (unpaired) electrons. The van der Waals surface area contributed by atoms with Crippen molar-refractivity contribution >= 4 is 11.7 Å². The van der Waals surface area contributed by atoms with Gasteiger partial charge in [-0.1, -0.05) is 32.0 Å². The molecule has 1 aliphatic rings. The molecule has 1 aromatic carbocycles. The molecule has 1 saturated heterocycles. The van der Waals surface area contributed by atoms with Gasteiger partial charge in [-0.05, 0) is 32.5 Å². The van der Waals surface area contributed by atoms with Crippen LogP contribution in [0.25, 0.3) is 5.69 Å². The van der Waals surface area contributed by atoms with Gasteiger partial charge in [0.2, 0.25) is 5.91 Å². The van der Waals surface area contributed by atoms with Crippen molar-refractivity contribution in [3.05, 3.63) is 41.6 Å². The second kappa shape index (κ2) is 9.24. The second-order valence-electron chi connectivity index (χ2n) is 7.59. The summed E-state index contributed by atoms with van der Waals surface area (Å²) in [5, 5.41) is 4.90. The molecule has 6 heteroatoms. The normalized spacial score (nSPS) is 15.1. The van der Waals surface area contributed by atoms with E-state index in [1.54, 1.807) is 0 Å². The molecule has 1 aliphatic heterocycles. The quantitative estimate of drug-likeness (QED) is 0.737. The van der Waals surface area contributed by atoms with Gasteiger partial charge in [-0.2, -0.15) is 5.10 Å². The average Bonchev–Trinajstić information content (AvgIpc) is 3.04. The highest BCUT2D eigenvalue weighted by molar-refractivity contribution is 5.76. The third kappa shape index (κ3) is 4.38. The van der Waals surface area contributed by atoms with E-state index in [1.165, 1.54) is 5.56 Å². The number of benzene rings is 1. The third-order valence-corrected chi connectivity index (χ3v) is 5.46. The van der Waals surface area contributed by atoms with Crippen LogP contribution in [0.1, 0.15) is 37.9 Å². The van der Waals surface area contributed by atoms with Crippen molar-refractivity contribution in [1.29, 1.82) is 0 Å². The van der Waals surface area contributed by atoms with E-state index in [-0.39, 0.29) is 5.91 Å². The Morgan fingerprint density at radius 3 is 2.39 bits per heavy atom. The summed E-state index contributed by atoms with van der Waals surface area (Å²) in [5.41, 5.74) is 3.24. The van der Waals surface area contributed by atoms with Crippen molar-refractivity contribution in [2.45, 2.75) is 40.2 Å². The first-order valence-corrected chi connectivity index (χ1v) is 10.4. The van der Waals surface area contributed by atoms with Crippen molar-refractivity contribution in [3.8, 4) is 5.69 Å². The first-order valence-electron chi connectivity index (χ1n) is 10.4. The maximum Gasteiger partial charge on any atom is 0.222 e. The molecule has 0 spiro atoms. The molecule has 2 aromatic rings. The van der Waals surface area contributed by atoms with Crippen LogP contribution in [-0.4, -0.2) is 65.3 Å². The lowest BCUT2D eigenvalue weighted by Crippen LogP contribution is -2.45. The summed E-state index contributed by atoms with van der Waals surface area (Å²) in [4.78, 5) is 19.3. The highest BCUT2D eigenvalue weighted by atomic mass is 16.2. The zero-order valence-corrected chi connectivity index (χ0v) is 17.7. The fourth-order valence-electron chi connectivity index (χ4n) is 3.80. The Morgan fingerprint density at radius 1 is 1.11 bits per heavy atom. The van der Waals surface area contributed by atoms with E-state index < -0.39 is 0 Å². The number of para-hydroxylation sites is 1. The van der Waals surface area contributed by atoms with Crippen LogP contribution >= 0.6 is 0 Å². The van der Waals surface area contributed by atoms with Crippen molar-refractivity contribution in [1.82, 2.24) is 19.6 Å². The zero-order chi connectivity index (χ0) is 20.1. The van der Waals surface area contributed by atoms with Gasteiger partial charge in [-0.15, -0.1) is 0 Å². The second-order valence-corrected chi connectivity index (χ2v) is 7.59. The number of carbonyl (C=O) groups excluding carboxylic acids is 1. The molecule has 6 nitrogen and oxygen atoms in total. The average molecular weight is 384 g/mol. The molecule has 1 fully saturated rings. The SMILES string of the molecule is CCCN(Cc1c(C)nn(-c2ccccc2)c1N1CCN(C)CC1)C(=O)CC. The van der Waals surface area contributed by atoms with Crippen LogP contribution in [0.2, 0.25) is 0 Å². The molecule has 28 heavy (non-hydrogen) atoms. The fourth-order valence-corrected chi connectivity index (χ4v) is 3.80. The van der Waals surface area contributed by atoms with E-state index in [1.807, 2.05) is 30.0 Å². The van der Waals surface area contributed by atoms with Gasteiger partial charge in [0, 0.05) is 44.7 Å². The maximum absolute atomic E-state index is 12.5. The van der Waals surface area contributed by atoms with Crippen LogP contribution in [0.3, 0.4) is 0 Å². The zero-order valence-electron chi connectivity index (χ0n) is 17.7. The molecule has 3 rings (SSSR count). The number of likely N-dealkylation sites (N-methyl/N-ethyl adjacent to an activating group) is 1. The smallest absolute Gasteiger partial charge is 0.222 e. The van der Waals surface area contributed by atoms with Crippen LogP contribution in [0.4, 0.5) is 5.82 Å². The maximum atomic E-state index is 12.5. The van der Waals surface area contributed by atoms with E-state index >= 15 is 0 Å². The molecular formula is C22H33N5O. The number of nitrogens with zero attached hydrogens (tertiary/aromatic N) is 5. The number of aromatic nitrogens is 2. The molecule has 2 heterocycles. The summed E-state index contributed by atoms with van der Waals surface area (Å²) >= 11 is 0. The lowest BCUT2D eigenvalue weighted by Gasteiger charge is -2.35.